The molecule has 0 N–H and O–H groups in total. The molecular formula is C23H21FN2O3. The van der Waals surface area contributed by atoms with Gasteiger partial charge in [0.2, 0.25) is 0 Å². The number of amides is 2. The summed E-state index contributed by atoms with van der Waals surface area (Å²) in [6, 6.07) is 19.6. The third-order valence-electron chi connectivity index (χ3n) is 5.11. The lowest BCUT2D eigenvalue weighted by atomic mass is 10.1. The summed E-state index contributed by atoms with van der Waals surface area (Å²) < 4.78 is 19.5. The van der Waals surface area contributed by atoms with Crippen molar-refractivity contribution in [3.8, 4) is 5.75 Å². The van der Waals surface area contributed by atoms with Crippen molar-refractivity contribution in [3.63, 3.8) is 0 Å². The first-order chi connectivity index (χ1) is 14.1. The van der Waals surface area contributed by atoms with Crippen LogP contribution in [-0.2, 0) is 4.79 Å². The molecule has 29 heavy (non-hydrogen) atoms. The Hall–Kier alpha value is -3.41. The Labute approximate surface area is 168 Å². The largest absolute Gasteiger partial charge is 0.484 e. The molecule has 0 bridgehead atoms. The highest BCUT2D eigenvalue weighted by Crippen LogP contribution is 2.20. The van der Waals surface area contributed by atoms with Crippen molar-refractivity contribution in [1.29, 1.82) is 0 Å². The van der Waals surface area contributed by atoms with Gasteiger partial charge in [-0.2, -0.15) is 0 Å². The Morgan fingerprint density at radius 3 is 2.24 bits per heavy atom. The molecule has 1 fully saturated rings. The molecule has 3 aromatic carbocycles. The van der Waals surface area contributed by atoms with Crippen LogP contribution in [0, 0.1) is 5.82 Å². The van der Waals surface area contributed by atoms with E-state index >= 15 is 0 Å². The predicted octanol–water partition coefficient (Wildman–Crippen LogP) is 3.34. The third kappa shape index (κ3) is 4.21. The monoisotopic (exact) mass is 392 g/mol. The van der Waals surface area contributed by atoms with E-state index in [1.165, 1.54) is 12.1 Å². The molecule has 1 aliphatic rings. The van der Waals surface area contributed by atoms with Crippen LogP contribution in [0.4, 0.5) is 4.39 Å². The fraction of sp³-hybridized carbons (Fsp3) is 0.217. The Bertz CT molecular complexity index is 1040. The standard InChI is InChI=1S/C23H21FN2O3/c24-21-8-4-3-7-20(21)23(28)26-13-11-25(12-14-26)22(27)16-29-19-10-9-17-5-1-2-6-18(17)15-19/h1-10,15H,11-14,16H2. The van der Waals surface area contributed by atoms with Crippen molar-refractivity contribution in [2.24, 2.45) is 0 Å². The van der Waals surface area contributed by atoms with Gasteiger partial charge in [-0.1, -0.05) is 42.5 Å². The van der Waals surface area contributed by atoms with Crippen molar-refractivity contribution in [3.05, 3.63) is 78.1 Å². The number of piperazine rings is 1. The molecule has 0 aromatic heterocycles. The Morgan fingerprint density at radius 2 is 1.48 bits per heavy atom. The molecule has 0 spiro atoms. The fourth-order valence-corrected chi connectivity index (χ4v) is 3.46. The van der Waals surface area contributed by atoms with Gasteiger partial charge in [0.1, 0.15) is 11.6 Å². The van der Waals surface area contributed by atoms with E-state index in [0.29, 0.717) is 31.9 Å². The maximum atomic E-state index is 13.8. The molecule has 2 amide bonds. The normalized spacial score (nSPS) is 14.1. The lowest BCUT2D eigenvalue weighted by Crippen LogP contribution is -2.51. The first-order valence-corrected chi connectivity index (χ1v) is 9.55. The van der Waals surface area contributed by atoms with Gasteiger partial charge in [-0.3, -0.25) is 9.59 Å². The van der Waals surface area contributed by atoms with Gasteiger partial charge < -0.3 is 14.5 Å². The number of nitrogens with zero attached hydrogens (tertiary/aromatic N) is 2. The van der Waals surface area contributed by atoms with Crippen LogP contribution in [0.5, 0.6) is 5.75 Å². The molecule has 0 radical (unpaired) electrons. The van der Waals surface area contributed by atoms with Crippen LogP contribution in [0.1, 0.15) is 10.4 Å². The van der Waals surface area contributed by atoms with Crippen LogP contribution >= 0.6 is 0 Å². The summed E-state index contributed by atoms with van der Waals surface area (Å²) in [6.07, 6.45) is 0. The molecule has 3 aromatic rings. The smallest absolute Gasteiger partial charge is 0.260 e. The molecule has 4 rings (SSSR count). The second-order valence-electron chi connectivity index (χ2n) is 6.95. The van der Waals surface area contributed by atoms with Crippen molar-refractivity contribution in [2.75, 3.05) is 32.8 Å². The molecule has 0 aliphatic carbocycles. The van der Waals surface area contributed by atoms with Gasteiger partial charge in [0.15, 0.2) is 6.61 Å². The van der Waals surface area contributed by atoms with Gasteiger partial charge in [-0.25, -0.2) is 4.39 Å². The SMILES string of the molecule is O=C(COc1ccc2ccccc2c1)N1CCN(C(=O)c2ccccc2F)CC1. The maximum absolute atomic E-state index is 13.8. The van der Waals surface area contributed by atoms with Crippen LogP contribution in [0.2, 0.25) is 0 Å². The van der Waals surface area contributed by atoms with Gasteiger partial charge in [0, 0.05) is 26.2 Å². The number of carbonyl (C=O) groups excluding carboxylic acids is 2. The first kappa shape index (κ1) is 18.9. The minimum Gasteiger partial charge on any atom is -0.484 e. The quantitative estimate of drug-likeness (QED) is 0.684. The number of benzene rings is 3. The number of hydrogen-bond acceptors (Lipinski definition) is 3. The minimum atomic E-state index is -0.528. The fourth-order valence-electron chi connectivity index (χ4n) is 3.46. The summed E-state index contributed by atoms with van der Waals surface area (Å²) in [6.45, 7) is 1.49. The predicted molar refractivity (Wildman–Crippen MR) is 108 cm³/mol. The van der Waals surface area contributed by atoms with E-state index in [9.17, 15) is 14.0 Å². The van der Waals surface area contributed by atoms with Gasteiger partial charge in [0.25, 0.3) is 11.8 Å². The van der Waals surface area contributed by atoms with Gasteiger partial charge >= 0.3 is 0 Å². The van der Waals surface area contributed by atoms with E-state index in [1.807, 2.05) is 42.5 Å². The number of hydrogen-bond donors (Lipinski definition) is 0. The summed E-state index contributed by atoms with van der Waals surface area (Å²) in [7, 11) is 0. The number of rotatable bonds is 4. The average molecular weight is 392 g/mol. The number of ether oxygens (including phenoxy) is 1. The lowest BCUT2D eigenvalue weighted by Gasteiger charge is -2.34. The molecule has 0 atom stereocenters. The number of fused-ring (bicyclic) bond motifs is 1. The number of halogens is 1. The highest BCUT2D eigenvalue weighted by atomic mass is 19.1. The van der Waals surface area contributed by atoms with E-state index in [0.717, 1.165) is 10.8 Å². The van der Waals surface area contributed by atoms with Gasteiger partial charge in [-0.15, -0.1) is 0 Å². The molecule has 148 valence electrons. The average Bonchev–Trinajstić information content (AvgIpc) is 2.77. The maximum Gasteiger partial charge on any atom is 0.260 e. The van der Waals surface area contributed by atoms with Gasteiger partial charge in [-0.05, 0) is 35.0 Å². The van der Waals surface area contributed by atoms with Crippen LogP contribution in [0.25, 0.3) is 10.8 Å². The minimum absolute atomic E-state index is 0.0560. The van der Waals surface area contributed by atoms with Crippen LogP contribution in [-0.4, -0.2) is 54.4 Å². The lowest BCUT2D eigenvalue weighted by molar-refractivity contribution is -0.134. The van der Waals surface area contributed by atoms with Crippen molar-refractivity contribution < 1.29 is 18.7 Å². The zero-order chi connectivity index (χ0) is 20.2. The van der Waals surface area contributed by atoms with E-state index in [1.54, 1.807) is 21.9 Å². The molecule has 6 heteroatoms. The molecule has 1 aliphatic heterocycles. The first-order valence-electron chi connectivity index (χ1n) is 9.55. The molecule has 5 nitrogen and oxygen atoms in total. The molecule has 1 heterocycles. The molecular weight excluding hydrogens is 371 g/mol. The molecule has 0 saturated carbocycles. The summed E-state index contributed by atoms with van der Waals surface area (Å²) in [5, 5.41) is 2.17. The summed E-state index contributed by atoms with van der Waals surface area (Å²) in [5.41, 5.74) is 0.0620. The van der Waals surface area contributed by atoms with Crippen molar-refractivity contribution in [2.45, 2.75) is 0 Å². The van der Waals surface area contributed by atoms with E-state index in [-0.39, 0.29) is 24.0 Å². The topological polar surface area (TPSA) is 49.9 Å². The third-order valence-corrected chi connectivity index (χ3v) is 5.11. The summed E-state index contributed by atoms with van der Waals surface area (Å²) in [4.78, 5) is 28.2. The van der Waals surface area contributed by atoms with Crippen LogP contribution < -0.4 is 4.74 Å². The zero-order valence-corrected chi connectivity index (χ0v) is 15.9. The van der Waals surface area contributed by atoms with E-state index < -0.39 is 5.82 Å². The van der Waals surface area contributed by atoms with Gasteiger partial charge in [0.05, 0.1) is 5.56 Å². The van der Waals surface area contributed by atoms with Crippen molar-refractivity contribution >= 4 is 22.6 Å². The van der Waals surface area contributed by atoms with Crippen molar-refractivity contribution in [1.82, 2.24) is 9.80 Å². The number of carbonyl (C=O) groups is 2. The molecule has 1 saturated heterocycles. The van der Waals surface area contributed by atoms with E-state index in [2.05, 4.69) is 0 Å². The van der Waals surface area contributed by atoms with Crippen LogP contribution in [0.3, 0.4) is 0 Å². The Balaban J connectivity index is 1.30. The summed E-state index contributed by atoms with van der Waals surface area (Å²) in [5.74, 6) is -0.357. The molecule has 0 unspecified atom stereocenters. The Morgan fingerprint density at radius 1 is 0.828 bits per heavy atom. The van der Waals surface area contributed by atoms with Crippen LogP contribution in [0.15, 0.2) is 66.7 Å². The second kappa shape index (κ2) is 8.31. The second-order valence-corrected chi connectivity index (χ2v) is 6.95. The highest BCUT2D eigenvalue weighted by Gasteiger charge is 2.26. The van der Waals surface area contributed by atoms with E-state index in [4.69, 9.17) is 4.74 Å². The highest BCUT2D eigenvalue weighted by molar-refractivity contribution is 5.94. The summed E-state index contributed by atoms with van der Waals surface area (Å²) >= 11 is 0. The zero-order valence-electron chi connectivity index (χ0n) is 15.9. The Kier molecular flexibility index (Phi) is 5.42.